The van der Waals surface area contributed by atoms with Gasteiger partial charge in [0.2, 0.25) is 0 Å². The van der Waals surface area contributed by atoms with Crippen molar-refractivity contribution in [3.63, 3.8) is 0 Å². The van der Waals surface area contributed by atoms with Gasteiger partial charge in [-0.2, -0.15) is 0 Å². The molecule has 18 heavy (non-hydrogen) atoms. The molecule has 2 aromatic rings. The van der Waals surface area contributed by atoms with Gasteiger partial charge in [-0.05, 0) is 11.6 Å². The van der Waals surface area contributed by atoms with Crippen LogP contribution < -0.4 is 5.73 Å². The lowest BCUT2D eigenvalue weighted by molar-refractivity contribution is 0.318. The maximum Gasteiger partial charge on any atom is 0.189 e. The molecule has 0 amide bonds. The fourth-order valence-electron chi connectivity index (χ4n) is 1.34. The van der Waals surface area contributed by atoms with Gasteiger partial charge in [0.25, 0.3) is 0 Å². The van der Waals surface area contributed by atoms with E-state index in [1.54, 1.807) is 30.9 Å². The number of nitrogens with two attached hydrogens (primary N) is 1. The third kappa shape index (κ3) is 2.95. The number of rotatable bonds is 4. The van der Waals surface area contributed by atoms with Crippen molar-refractivity contribution in [1.29, 1.82) is 0 Å². The zero-order valence-corrected chi connectivity index (χ0v) is 10.2. The first-order valence-corrected chi connectivity index (χ1v) is 6.10. The summed E-state index contributed by atoms with van der Waals surface area (Å²) in [5, 5.41) is 12.5. The molecule has 0 radical (unpaired) electrons. The monoisotopic (exact) mass is 261 g/mol. The molecule has 2 heterocycles. The number of pyridine rings is 1. The van der Waals surface area contributed by atoms with Crippen LogP contribution in [0.5, 0.6) is 0 Å². The van der Waals surface area contributed by atoms with Gasteiger partial charge in [0.15, 0.2) is 5.84 Å². The summed E-state index contributed by atoms with van der Waals surface area (Å²) >= 11 is 1.51. The fraction of sp³-hybridized carbons (Fsp3) is 0.0909. The van der Waals surface area contributed by atoms with E-state index in [-0.39, 0.29) is 5.84 Å². The van der Waals surface area contributed by atoms with Crippen LogP contribution in [0.15, 0.2) is 47.1 Å². The second kappa shape index (κ2) is 5.97. The summed E-state index contributed by atoms with van der Waals surface area (Å²) < 4.78 is 0. The number of thioether (sulfide) groups is 1. The third-order valence-corrected chi connectivity index (χ3v) is 3.12. The van der Waals surface area contributed by atoms with Crippen molar-refractivity contribution in [2.45, 2.75) is 10.8 Å². The SMILES string of the molecule is NC(=NO)c1ncccc1CSc1cnccn1. The summed E-state index contributed by atoms with van der Waals surface area (Å²) in [5.41, 5.74) is 6.93. The predicted molar refractivity (Wildman–Crippen MR) is 68.3 cm³/mol. The van der Waals surface area contributed by atoms with Crippen LogP contribution in [-0.4, -0.2) is 26.0 Å². The Labute approximate surface area is 108 Å². The van der Waals surface area contributed by atoms with Gasteiger partial charge in [0.1, 0.15) is 10.7 Å². The van der Waals surface area contributed by atoms with Crippen LogP contribution >= 0.6 is 11.8 Å². The molecule has 7 heteroatoms. The smallest absolute Gasteiger partial charge is 0.189 e. The number of hydrogen-bond donors (Lipinski definition) is 2. The molecule has 0 unspecified atom stereocenters. The molecule has 2 aromatic heterocycles. The number of hydrogen-bond acceptors (Lipinski definition) is 6. The Morgan fingerprint density at radius 2 is 2.22 bits per heavy atom. The Bertz CT molecular complexity index is 546. The van der Waals surface area contributed by atoms with E-state index in [1.165, 1.54) is 11.8 Å². The minimum absolute atomic E-state index is 0.00495. The summed E-state index contributed by atoms with van der Waals surface area (Å²) in [7, 11) is 0. The minimum atomic E-state index is 0.00495. The normalized spacial score (nSPS) is 11.4. The average molecular weight is 261 g/mol. The molecular formula is C11H11N5OS. The highest BCUT2D eigenvalue weighted by molar-refractivity contribution is 7.98. The van der Waals surface area contributed by atoms with Crippen molar-refractivity contribution in [2.24, 2.45) is 10.9 Å². The Morgan fingerprint density at radius 1 is 1.33 bits per heavy atom. The molecule has 0 fully saturated rings. The van der Waals surface area contributed by atoms with E-state index in [0.29, 0.717) is 11.4 Å². The van der Waals surface area contributed by atoms with Crippen molar-refractivity contribution in [1.82, 2.24) is 15.0 Å². The van der Waals surface area contributed by atoms with Crippen LogP contribution in [0.3, 0.4) is 0 Å². The van der Waals surface area contributed by atoms with E-state index in [0.717, 1.165) is 10.6 Å². The van der Waals surface area contributed by atoms with Crippen LogP contribution in [-0.2, 0) is 5.75 Å². The van der Waals surface area contributed by atoms with Crippen molar-refractivity contribution in [3.8, 4) is 0 Å². The van der Waals surface area contributed by atoms with Crippen molar-refractivity contribution < 1.29 is 5.21 Å². The summed E-state index contributed by atoms with van der Waals surface area (Å²) in [6, 6.07) is 3.68. The summed E-state index contributed by atoms with van der Waals surface area (Å²) in [6.45, 7) is 0. The zero-order valence-electron chi connectivity index (χ0n) is 9.39. The van der Waals surface area contributed by atoms with Gasteiger partial charge < -0.3 is 10.9 Å². The highest BCUT2D eigenvalue weighted by Gasteiger charge is 2.08. The number of aromatic nitrogens is 3. The first kappa shape index (κ1) is 12.3. The van der Waals surface area contributed by atoms with E-state index >= 15 is 0 Å². The van der Waals surface area contributed by atoms with Crippen LogP contribution in [0.2, 0.25) is 0 Å². The summed E-state index contributed by atoms with van der Waals surface area (Å²) in [5.74, 6) is 0.628. The standard InChI is InChI=1S/C11H11N5OS/c12-11(16-17)10-8(2-1-3-15-10)7-18-9-6-13-4-5-14-9/h1-6,17H,7H2,(H2,12,16). The second-order valence-corrected chi connectivity index (χ2v) is 4.32. The van der Waals surface area contributed by atoms with Gasteiger partial charge in [-0.25, -0.2) is 4.98 Å². The van der Waals surface area contributed by atoms with Gasteiger partial charge >= 0.3 is 0 Å². The second-order valence-electron chi connectivity index (χ2n) is 3.33. The summed E-state index contributed by atoms with van der Waals surface area (Å²) in [4.78, 5) is 12.2. The summed E-state index contributed by atoms with van der Waals surface area (Å²) in [6.07, 6.45) is 6.54. The molecule has 0 saturated heterocycles. The molecule has 0 atom stereocenters. The highest BCUT2D eigenvalue weighted by Crippen LogP contribution is 2.20. The molecule has 0 bridgehead atoms. The van der Waals surface area contributed by atoms with Crippen LogP contribution in [0.25, 0.3) is 0 Å². The molecule has 3 N–H and O–H groups in total. The van der Waals surface area contributed by atoms with Crippen LogP contribution in [0.4, 0.5) is 0 Å². The van der Waals surface area contributed by atoms with Gasteiger partial charge in [0, 0.05) is 24.3 Å². The molecule has 0 spiro atoms. The molecule has 0 aliphatic rings. The Morgan fingerprint density at radius 3 is 2.94 bits per heavy atom. The van der Waals surface area contributed by atoms with Gasteiger partial charge in [0.05, 0.1) is 6.20 Å². The van der Waals surface area contributed by atoms with Gasteiger partial charge in [-0.1, -0.05) is 11.2 Å². The molecular weight excluding hydrogens is 250 g/mol. The zero-order chi connectivity index (χ0) is 12.8. The lowest BCUT2D eigenvalue weighted by Crippen LogP contribution is -2.17. The lowest BCUT2D eigenvalue weighted by Gasteiger charge is -2.06. The maximum atomic E-state index is 8.69. The van der Waals surface area contributed by atoms with E-state index < -0.39 is 0 Å². The molecule has 92 valence electrons. The molecule has 0 aliphatic carbocycles. The maximum absolute atomic E-state index is 8.69. The minimum Gasteiger partial charge on any atom is -0.409 e. The van der Waals surface area contributed by atoms with E-state index in [9.17, 15) is 0 Å². The van der Waals surface area contributed by atoms with Crippen LogP contribution in [0, 0.1) is 0 Å². The van der Waals surface area contributed by atoms with Gasteiger partial charge in [-0.15, -0.1) is 11.8 Å². The highest BCUT2D eigenvalue weighted by atomic mass is 32.2. The third-order valence-electron chi connectivity index (χ3n) is 2.16. The average Bonchev–Trinajstić information content (AvgIpc) is 2.45. The van der Waals surface area contributed by atoms with Crippen molar-refractivity contribution in [2.75, 3.05) is 0 Å². The molecule has 6 nitrogen and oxygen atoms in total. The number of nitrogens with zero attached hydrogens (tertiary/aromatic N) is 4. The lowest BCUT2D eigenvalue weighted by atomic mass is 10.2. The molecule has 0 saturated carbocycles. The first-order chi connectivity index (χ1) is 8.81. The predicted octanol–water partition coefficient (Wildman–Crippen LogP) is 1.26. The van der Waals surface area contributed by atoms with Crippen molar-refractivity contribution >= 4 is 17.6 Å². The topological polar surface area (TPSA) is 97.3 Å². The first-order valence-electron chi connectivity index (χ1n) is 5.12. The molecule has 2 rings (SSSR count). The molecule has 0 aromatic carbocycles. The van der Waals surface area contributed by atoms with Crippen molar-refractivity contribution in [3.05, 3.63) is 48.2 Å². The fourth-order valence-corrected chi connectivity index (χ4v) is 2.15. The van der Waals surface area contributed by atoms with E-state index in [2.05, 4.69) is 20.1 Å². The van der Waals surface area contributed by atoms with Crippen LogP contribution in [0.1, 0.15) is 11.3 Å². The number of amidine groups is 1. The largest absolute Gasteiger partial charge is 0.409 e. The quantitative estimate of drug-likeness (QED) is 0.283. The Kier molecular flexibility index (Phi) is 4.08. The van der Waals surface area contributed by atoms with E-state index in [1.807, 2.05) is 6.07 Å². The Balaban J connectivity index is 2.15. The van der Waals surface area contributed by atoms with Gasteiger partial charge in [-0.3, -0.25) is 9.97 Å². The number of oxime groups is 1. The Hall–Kier alpha value is -2.15. The molecule has 0 aliphatic heterocycles. The van der Waals surface area contributed by atoms with E-state index in [4.69, 9.17) is 10.9 Å².